The van der Waals surface area contributed by atoms with Crippen LogP contribution in [0, 0.1) is 6.92 Å². The number of carbonyl (C=O) groups is 2. The number of aryl methyl sites for hydroxylation is 1. The van der Waals surface area contributed by atoms with Crippen molar-refractivity contribution in [2.45, 2.75) is 13.8 Å². The predicted molar refractivity (Wildman–Crippen MR) is 86.6 cm³/mol. The molecule has 0 fully saturated rings. The average Bonchev–Trinajstić information content (AvgIpc) is 3.01. The first-order valence-electron chi connectivity index (χ1n) is 6.43. The minimum absolute atomic E-state index is 0.464. The molecule has 0 spiro atoms. The molecule has 0 radical (unpaired) electrons. The largest absolute Gasteiger partial charge is 0.463 e. The molecule has 0 atom stereocenters. The molecule has 1 heterocycles. The maximum absolute atomic E-state index is 11.8. The van der Waals surface area contributed by atoms with Gasteiger partial charge in [-0.05, 0) is 49.7 Å². The van der Waals surface area contributed by atoms with E-state index in [4.69, 9.17) is 4.42 Å². The fourth-order valence-electron chi connectivity index (χ4n) is 1.67. The summed E-state index contributed by atoms with van der Waals surface area (Å²) in [6.07, 6.45) is 1.50. The van der Waals surface area contributed by atoms with Crippen molar-refractivity contribution >= 4 is 39.1 Å². The molecule has 0 bridgehead atoms. The minimum Gasteiger partial charge on any atom is -0.463 e. The summed E-state index contributed by atoms with van der Waals surface area (Å²) in [5.74, 6) is -1.13. The zero-order chi connectivity index (χ0) is 16.1. The summed E-state index contributed by atoms with van der Waals surface area (Å²) in [5, 5.41) is 6.35. The van der Waals surface area contributed by atoms with E-state index in [0.717, 1.165) is 10.0 Å². The number of nitrogens with zero attached hydrogens (tertiary/aromatic N) is 1. The van der Waals surface area contributed by atoms with Crippen molar-refractivity contribution in [3.63, 3.8) is 0 Å². The highest BCUT2D eigenvalue weighted by Gasteiger charge is 2.14. The van der Waals surface area contributed by atoms with Crippen LogP contribution in [0.15, 0.2) is 50.6 Å². The standard InChI is InChI=1S/C15H14BrN3O3/c1-9-8-11(16)5-6-12(9)17-14(20)15(21)19-18-10(2)13-4-3-7-22-13/h3-8H,1-2H3,(H,17,20)(H,19,21)/b18-10+. The normalized spacial score (nSPS) is 11.1. The zero-order valence-corrected chi connectivity index (χ0v) is 13.6. The second kappa shape index (κ2) is 7.04. The summed E-state index contributed by atoms with van der Waals surface area (Å²) in [5.41, 5.74) is 4.06. The van der Waals surface area contributed by atoms with Crippen molar-refractivity contribution in [3.05, 3.63) is 52.4 Å². The Kier molecular flexibility index (Phi) is 5.11. The maximum Gasteiger partial charge on any atom is 0.329 e. The fourth-order valence-corrected chi connectivity index (χ4v) is 2.15. The number of amides is 2. The third-order valence-corrected chi connectivity index (χ3v) is 3.34. The van der Waals surface area contributed by atoms with Gasteiger partial charge in [0, 0.05) is 10.2 Å². The molecular weight excluding hydrogens is 350 g/mol. The monoisotopic (exact) mass is 363 g/mol. The summed E-state index contributed by atoms with van der Waals surface area (Å²) >= 11 is 3.33. The molecule has 2 rings (SSSR count). The summed E-state index contributed by atoms with van der Waals surface area (Å²) < 4.78 is 6.02. The van der Waals surface area contributed by atoms with E-state index in [9.17, 15) is 9.59 Å². The van der Waals surface area contributed by atoms with E-state index in [-0.39, 0.29) is 0 Å². The summed E-state index contributed by atoms with van der Waals surface area (Å²) in [4.78, 5) is 23.6. The van der Waals surface area contributed by atoms with Gasteiger partial charge in [-0.2, -0.15) is 5.10 Å². The van der Waals surface area contributed by atoms with E-state index in [2.05, 4.69) is 31.8 Å². The number of hydrogen-bond donors (Lipinski definition) is 2. The highest BCUT2D eigenvalue weighted by Crippen LogP contribution is 2.19. The van der Waals surface area contributed by atoms with Crippen molar-refractivity contribution in [2.75, 3.05) is 5.32 Å². The van der Waals surface area contributed by atoms with Gasteiger partial charge in [-0.15, -0.1) is 0 Å². The molecule has 0 unspecified atom stereocenters. The number of hydrazone groups is 1. The Bertz CT molecular complexity index is 724. The molecular formula is C15H14BrN3O3. The second-order valence-corrected chi connectivity index (χ2v) is 5.44. The van der Waals surface area contributed by atoms with Crippen LogP contribution in [0.5, 0.6) is 0 Å². The van der Waals surface area contributed by atoms with Gasteiger partial charge in [0.2, 0.25) is 0 Å². The second-order valence-electron chi connectivity index (χ2n) is 4.53. The van der Waals surface area contributed by atoms with Crippen LogP contribution in [0.3, 0.4) is 0 Å². The van der Waals surface area contributed by atoms with E-state index in [0.29, 0.717) is 17.2 Å². The first-order valence-corrected chi connectivity index (χ1v) is 7.22. The Hall–Kier alpha value is -2.41. The molecule has 0 saturated heterocycles. The van der Waals surface area contributed by atoms with Gasteiger partial charge in [-0.25, -0.2) is 5.43 Å². The SMILES string of the molecule is C/C(=N\NC(=O)C(=O)Nc1ccc(Br)cc1C)c1ccco1. The molecule has 114 valence electrons. The van der Waals surface area contributed by atoms with E-state index in [1.165, 1.54) is 6.26 Å². The van der Waals surface area contributed by atoms with Gasteiger partial charge in [0.15, 0.2) is 0 Å². The zero-order valence-electron chi connectivity index (χ0n) is 12.0. The third-order valence-electron chi connectivity index (χ3n) is 2.85. The molecule has 2 aromatic rings. The van der Waals surface area contributed by atoms with Gasteiger partial charge in [0.05, 0.1) is 6.26 Å². The number of carbonyl (C=O) groups excluding carboxylic acids is 2. The number of halogens is 1. The lowest BCUT2D eigenvalue weighted by Crippen LogP contribution is -2.33. The van der Waals surface area contributed by atoms with E-state index >= 15 is 0 Å². The van der Waals surface area contributed by atoms with Crippen molar-refractivity contribution in [2.24, 2.45) is 5.10 Å². The number of anilines is 1. The Morgan fingerprint density at radius 1 is 1.23 bits per heavy atom. The lowest BCUT2D eigenvalue weighted by atomic mass is 10.2. The first-order chi connectivity index (χ1) is 10.5. The number of rotatable bonds is 3. The van der Waals surface area contributed by atoms with Crippen LogP contribution < -0.4 is 10.7 Å². The van der Waals surface area contributed by atoms with Gasteiger partial charge < -0.3 is 9.73 Å². The van der Waals surface area contributed by atoms with Crippen molar-refractivity contribution in [1.29, 1.82) is 0 Å². The molecule has 0 saturated carbocycles. The number of furan rings is 1. The molecule has 22 heavy (non-hydrogen) atoms. The van der Waals surface area contributed by atoms with Gasteiger partial charge in [0.25, 0.3) is 0 Å². The molecule has 0 aliphatic carbocycles. The van der Waals surface area contributed by atoms with E-state index in [1.54, 1.807) is 31.2 Å². The number of hydrogen-bond acceptors (Lipinski definition) is 4. The molecule has 2 N–H and O–H groups in total. The van der Waals surface area contributed by atoms with Gasteiger partial charge in [0.1, 0.15) is 11.5 Å². The molecule has 7 heteroatoms. The Morgan fingerprint density at radius 3 is 2.64 bits per heavy atom. The highest BCUT2D eigenvalue weighted by molar-refractivity contribution is 9.10. The van der Waals surface area contributed by atoms with Crippen LogP contribution in [-0.2, 0) is 9.59 Å². The molecule has 6 nitrogen and oxygen atoms in total. The Morgan fingerprint density at radius 2 is 2.00 bits per heavy atom. The van der Waals surface area contributed by atoms with E-state index < -0.39 is 11.8 Å². The molecule has 0 aliphatic heterocycles. The Balaban J connectivity index is 1.98. The minimum atomic E-state index is -0.853. The molecule has 1 aromatic carbocycles. The Labute approximate surface area is 135 Å². The molecule has 0 aliphatic rings. The van der Waals surface area contributed by atoms with E-state index in [1.807, 2.05) is 13.0 Å². The summed E-state index contributed by atoms with van der Waals surface area (Å²) in [6, 6.07) is 8.74. The van der Waals surface area contributed by atoms with Crippen molar-refractivity contribution in [1.82, 2.24) is 5.43 Å². The predicted octanol–water partition coefficient (Wildman–Crippen LogP) is 2.83. The van der Waals surface area contributed by atoms with Crippen LogP contribution in [0.4, 0.5) is 5.69 Å². The van der Waals surface area contributed by atoms with Crippen LogP contribution in [0.25, 0.3) is 0 Å². The maximum atomic E-state index is 11.8. The van der Waals surface area contributed by atoms with Gasteiger partial charge >= 0.3 is 11.8 Å². The van der Waals surface area contributed by atoms with Crippen LogP contribution in [-0.4, -0.2) is 17.5 Å². The number of nitrogens with one attached hydrogen (secondary N) is 2. The van der Waals surface area contributed by atoms with Crippen LogP contribution in [0.1, 0.15) is 18.2 Å². The lowest BCUT2D eigenvalue weighted by Gasteiger charge is -2.07. The topological polar surface area (TPSA) is 83.7 Å². The average molecular weight is 364 g/mol. The fraction of sp³-hybridized carbons (Fsp3) is 0.133. The molecule has 2 amide bonds. The molecule has 1 aromatic heterocycles. The van der Waals surface area contributed by atoms with Gasteiger partial charge in [-0.3, -0.25) is 9.59 Å². The van der Waals surface area contributed by atoms with Crippen LogP contribution >= 0.6 is 15.9 Å². The van der Waals surface area contributed by atoms with Crippen molar-refractivity contribution < 1.29 is 14.0 Å². The number of benzene rings is 1. The highest BCUT2D eigenvalue weighted by atomic mass is 79.9. The summed E-state index contributed by atoms with van der Waals surface area (Å²) in [6.45, 7) is 3.49. The third kappa shape index (κ3) is 4.05. The quantitative estimate of drug-likeness (QED) is 0.499. The lowest BCUT2D eigenvalue weighted by molar-refractivity contribution is -0.136. The summed E-state index contributed by atoms with van der Waals surface area (Å²) in [7, 11) is 0. The van der Waals surface area contributed by atoms with Crippen LogP contribution in [0.2, 0.25) is 0 Å². The first kappa shape index (κ1) is 16.0. The van der Waals surface area contributed by atoms with Crippen molar-refractivity contribution in [3.8, 4) is 0 Å². The smallest absolute Gasteiger partial charge is 0.329 e. The van der Waals surface area contributed by atoms with Gasteiger partial charge in [-0.1, -0.05) is 15.9 Å².